The summed E-state index contributed by atoms with van der Waals surface area (Å²) >= 11 is 6.88. The van der Waals surface area contributed by atoms with Gasteiger partial charge in [-0.2, -0.15) is 11.8 Å². The number of fused-ring (bicyclic) bond motifs is 1. The zero-order valence-electron chi connectivity index (χ0n) is 12.3. The number of hydrogen-bond donors (Lipinski definition) is 3. The van der Waals surface area contributed by atoms with Crippen LogP contribution in [0.1, 0.15) is 6.42 Å². The highest BCUT2D eigenvalue weighted by molar-refractivity contribution is 7.98. The van der Waals surface area contributed by atoms with Gasteiger partial charge >= 0.3 is 0 Å². The molecule has 1 amide bonds. The second kappa shape index (κ2) is 8.60. The van der Waals surface area contributed by atoms with Crippen LogP contribution in [-0.2, 0) is 11.3 Å². The van der Waals surface area contributed by atoms with Crippen molar-refractivity contribution >= 4 is 46.0 Å². The maximum Gasteiger partial charge on any atom is 0.258 e. The van der Waals surface area contributed by atoms with E-state index in [9.17, 15) is 4.79 Å². The lowest BCUT2D eigenvalue weighted by Crippen LogP contribution is -2.47. The van der Waals surface area contributed by atoms with Gasteiger partial charge < -0.3 is 9.88 Å². The number of amides is 1. The van der Waals surface area contributed by atoms with Crippen LogP contribution in [0.5, 0.6) is 0 Å². The van der Waals surface area contributed by atoms with Crippen molar-refractivity contribution in [2.75, 3.05) is 18.6 Å². The van der Waals surface area contributed by atoms with Crippen molar-refractivity contribution in [2.24, 2.45) is 0 Å². The van der Waals surface area contributed by atoms with E-state index in [0.717, 1.165) is 29.8 Å². The van der Waals surface area contributed by atoms with E-state index in [2.05, 4.69) is 27.4 Å². The monoisotopic (exact) mass is 337 g/mol. The Kier molecular flexibility index (Phi) is 6.47. The fourth-order valence-corrected chi connectivity index (χ4v) is 2.51. The van der Waals surface area contributed by atoms with Crippen molar-refractivity contribution in [1.29, 1.82) is 0 Å². The van der Waals surface area contributed by atoms with Crippen LogP contribution in [0.3, 0.4) is 0 Å². The molecule has 118 valence electrons. The molecule has 3 N–H and O–H groups in total. The molecule has 0 aliphatic heterocycles. The van der Waals surface area contributed by atoms with Crippen LogP contribution < -0.4 is 16.2 Å². The standard InChI is InChI=1S/C14H19N5OS2/c1-22-8-4-7-15-14(21)18-17-13(20)9-19-10-16-11-5-2-3-6-12(11)19/h2-3,5-6,10H,4,7-9H2,1H3,(H,17,20)(H2,15,18,21). The van der Waals surface area contributed by atoms with Gasteiger partial charge in [-0.25, -0.2) is 4.98 Å². The Morgan fingerprint density at radius 2 is 2.18 bits per heavy atom. The van der Waals surface area contributed by atoms with Crippen LogP contribution in [0.2, 0.25) is 0 Å². The predicted octanol–water partition coefficient (Wildman–Crippen LogP) is 1.28. The first-order chi connectivity index (χ1) is 10.7. The van der Waals surface area contributed by atoms with Crippen molar-refractivity contribution in [2.45, 2.75) is 13.0 Å². The number of nitrogens with zero attached hydrogens (tertiary/aromatic N) is 2. The van der Waals surface area contributed by atoms with Gasteiger partial charge in [0, 0.05) is 6.54 Å². The Labute approximate surface area is 139 Å². The Morgan fingerprint density at radius 1 is 1.36 bits per heavy atom. The highest BCUT2D eigenvalue weighted by atomic mass is 32.2. The number of thioether (sulfide) groups is 1. The third kappa shape index (κ3) is 4.88. The van der Waals surface area contributed by atoms with Crippen LogP contribution in [0.4, 0.5) is 0 Å². The SMILES string of the molecule is CSCCCNC(=S)NNC(=O)Cn1cnc2ccccc21. The van der Waals surface area contributed by atoms with Gasteiger partial charge in [0.25, 0.3) is 5.91 Å². The number of thiocarbonyl (C=S) groups is 1. The second-order valence-electron chi connectivity index (χ2n) is 4.64. The molecule has 0 fully saturated rings. The van der Waals surface area contributed by atoms with E-state index in [1.54, 1.807) is 22.7 Å². The second-order valence-corrected chi connectivity index (χ2v) is 6.03. The average Bonchev–Trinajstić information content (AvgIpc) is 2.93. The van der Waals surface area contributed by atoms with E-state index in [1.165, 1.54) is 0 Å². The number of imidazole rings is 1. The molecule has 1 aromatic carbocycles. The minimum Gasteiger partial charge on any atom is -0.361 e. The average molecular weight is 337 g/mol. The summed E-state index contributed by atoms with van der Waals surface area (Å²) in [6, 6.07) is 7.68. The summed E-state index contributed by atoms with van der Waals surface area (Å²) in [7, 11) is 0. The van der Waals surface area contributed by atoms with Crippen molar-refractivity contribution < 1.29 is 4.79 Å². The number of hydrazine groups is 1. The fourth-order valence-electron chi connectivity index (χ4n) is 1.92. The predicted molar refractivity (Wildman–Crippen MR) is 94.6 cm³/mol. The van der Waals surface area contributed by atoms with E-state index >= 15 is 0 Å². The lowest BCUT2D eigenvalue weighted by atomic mass is 10.3. The van der Waals surface area contributed by atoms with Crippen molar-refractivity contribution in [1.82, 2.24) is 25.7 Å². The number of carbonyl (C=O) groups is 1. The lowest BCUT2D eigenvalue weighted by molar-refractivity contribution is -0.122. The Bertz CT molecular complexity index is 643. The van der Waals surface area contributed by atoms with E-state index < -0.39 is 0 Å². The molecule has 2 rings (SSSR count). The summed E-state index contributed by atoms with van der Waals surface area (Å²) < 4.78 is 1.79. The summed E-state index contributed by atoms with van der Waals surface area (Å²) in [5.74, 6) is 0.895. The van der Waals surface area contributed by atoms with Gasteiger partial charge in [-0.3, -0.25) is 15.6 Å². The van der Waals surface area contributed by atoms with E-state index in [1.807, 2.05) is 24.3 Å². The normalized spacial score (nSPS) is 10.4. The molecule has 0 saturated heterocycles. The topological polar surface area (TPSA) is 71.0 Å². The number of hydrogen-bond acceptors (Lipinski definition) is 4. The molecular formula is C14H19N5OS2. The van der Waals surface area contributed by atoms with Crippen molar-refractivity contribution in [3.8, 4) is 0 Å². The van der Waals surface area contributed by atoms with Gasteiger partial charge in [0.05, 0.1) is 17.4 Å². The molecule has 2 aromatic rings. The molecule has 0 aliphatic carbocycles. The first-order valence-electron chi connectivity index (χ1n) is 6.92. The van der Waals surface area contributed by atoms with Gasteiger partial charge in [0.2, 0.25) is 0 Å². The number of aromatic nitrogens is 2. The fraction of sp³-hybridized carbons (Fsp3) is 0.357. The number of nitrogens with one attached hydrogen (secondary N) is 3. The molecule has 0 unspecified atom stereocenters. The molecule has 0 bridgehead atoms. The van der Waals surface area contributed by atoms with Gasteiger partial charge in [-0.05, 0) is 42.8 Å². The number of rotatable bonds is 6. The molecule has 22 heavy (non-hydrogen) atoms. The molecule has 0 atom stereocenters. The number of para-hydroxylation sites is 2. The summed E-state index contributed by atoms with van der Waals surface area (Å²) in [5, 5.41) is 3.46. The minimum atomic E-state index is -0.184. The van der Waals surface area contributed by atoms with Gasteiger partial charge in [0.1, 0.15) is 6.54 Å². The Hall–Kier alpha value is -1.80. The van der Waals surface area contributed by atoms with E-state index in [-0.39, 0.29) is 12.5 Å². The van der Waals surface area contributed by atoms with Gasteiger partial charge in [0.15, 0.2) is 5.11 Å². The molecule has 0 saturated carbocycles. The highest BCUT2D eigenvalue weighted by Crippen LogP contribution is 2.11. The van der Waals surface area contributed by atoms with Crippen LogP contribution in [0.25, 0.3) is 11.0 Å². The summed E-state index contributed by atoms with van der Waals surface area (Å²) in [5.41, 5.74) is 7.08. The highest BCUT2D eigenvalue weighted by Gasteiger charge is 2.06. The number of benzene rings is 1. The smallest absolute Gasteiger partial charge is 0.258 e. The van der Waals surface area contributed by atoms with Crippen LogP contribution in [0.15, 0.2) is 30.6 Å². The van der Waals surface area contributed by atoms with Crippen molar-refractivity contribution in [3.63, 3.8) is 0 Å². The van der Waals surface area contributed by atoms with Gasteiger partial charge in [-0.1, -0.05) is 12.1 Å². The lowest BCUT2D eigenvalue weighted by Gasteiger charge is -2.11. The maximum atomic E-state index is 11.9. The third-order valence-electron chi connectivity index (χ3n) is 2.97. The van der Waals surface area contributed by atoms with E-state index in [0.29, 0.717) is 5.11 Å². The zero-order valence-corrected chi connectivity index (χ0v) is 14.0. The Balaban J connectivity index is 1.75. The summed E-state index contributed by atoms with van der Waals surface area (Å²) in [6.45, 7) is 0.970. The first kappa shape index (κ1) is 16.6. The quantitative estimate of drug-likeness (QED) is 0.419. The first-order valence-corrected chi connectivity index (χ1v) is 8.72. The molecule has 6 nitrogen and oxygen atoms in total. The molecular weight excluding hydrogens is 318 g/mol. The molecule has 0 aliphatic rings. The largest absolute Gasteiger partial charge is 0.361 e. The maximum absolute atomic E-state index is 11.9. The molecule has 1 heterocycles. The number of carbonyl (C=O) groups excluding carboxylic acids is 1. The summed E-state index contributed by atoms with van der Waals surface area (Å²) in [4.78, 5) is 16.2. The minimum absolute atomic E-state index is 0.183. The van der Waals surface area contributed by atoms with Crippen LogP contribution in [0, 0.1) is 0 Å². The van der Waals surface area contributed by atoms with Crippen LogP contribution >= 0.6 is 24.0 Å². The molecule has 0 spiro atoms. The summed E-state index contributed by atoms with van der Waals surface area (Å²) in [6.07, 6.45) is 4.75. The van der Waals surface area contributed by atoms with E-state index in [4.69, 9.17) is 12.2 Å². The van der Waals surface area contributed by atoms with Crippen LogP contribution in [-0.4, -0.2) is 39.1 Å². The zero-order chi connectivity index (χ0) is 15.8. The molecule has 8 heteroatoms. The third-order valence-corrected chi connectivity index (χ3v) is 3.91. The molecule has 1 aromatic heterocycles. The Morgan fingerprint density at radius 3 is 3.00 bits per heavy atom. The van der Waals surface area contributed by atoms with Crippen molar-refractivity contribution in [3.05, 3.63) is 30.6 Å². The molecule has 0 radical (unpaired) electrons. The van der Waals surface area contributed by atoms with Gasteiger partial charge in [-0.15, -0.1) is 0 Å².